The predicted octanol–water partition coefficient (Wildman–Crippen LogP) is 4.03. The lowest BCUT2D eigenvalue weighted by atomic mass is 10.1. The van der Waals surface area contributed by atoms with Crippen molar-refractivity contribution in [2.24, 2.45) is 0 Å². The first kappa shape index (κ1) is 16.2. The van der Waals surface area contributed by atoms with Crippen LogP contribution in [-0.4, -0.2) is 33.6 Å². The summed E-state index contributed by atoms with van der Waals surface area (Å²) in [7, 11) is 0. The van der Waals surface area contributed by atoms with E-state index >= 15 is 0 Å². The maximum absolute atomic E-state index is 12.7. The highest BCUT2D eigenvalue weighted by molar-refractivity contribution is 9.09. The van der Waals surface area contributed by atoms with Gasteiger partial charge in [0, 0.05) is 29.0 Å². The van der Waals surface area contributed by atoms with Crippen molar-refractivity contribution in [3.8, 4) is 0 Å². The SMILES string of the molecule is O=C(c1cc(Cl)ccc1[N+](=O)[O-])N1CCCCCC1CBr. The average Bonchev–Trinajstić information content (AvgIpc) is 2.71. The minimum absolute atomic E-state index is 0.0681. The molecule has 1 atom stereocenters. The zero-order chi connectivity index (χ0) is 15.4. The lowest BCUT2D eigenvalue weighted by Crippen LogP contribution is -2.41. The van der Waals surface area contributed by atoms with Crippen LogP contribution in [0.25, 0.3) is 0 Å². The molecule has 0 N–H and O–H groups in total. The number of rotatable bonds is 3. The molecule has 1 aromatic carbocycles. The molecule has 1 fully saturated rings. The number of hydrogen-bond donors (Lipinski definition) is 0. The van der Waals surface area contributed by atoms with Gasteiger partial charge >= 0.3 is 0 Å². The largest absolute Gasteiger partial charge is 0.335 e. The summed E-state index contributed by atoms with van der Waals surface area (Å²) in [6.45, 7) is 0.624. The number of halogens is 2. The molecule has 1 aromatic rings. The van der Waals surface area contributed by atoms with Gasteiger partial charge in [0.25, 0.3) is 11.6 Å². The number of nitrogens with zero attached hydrogens (tertiary/aromatic N) is 2. The summed E-state index contributed by atoms with van der Waals surface area (Å²) in [6.07, 6.45) is 3.97. The van der Waals surface area contributed by atoms with E-state index in [1.165, 1.54) is 18.2 Å². The molecule has 1 amide bonds. The van der Waals surface area contributed by atoms with Gasteiger partial charge in [-0.15, -0.1) is 0 Å². The van der Waals surface area contributed by atoms with E-state index in [9.17, 15) is 14.9 Å². The monoisotopic (exact) mass is 374 g/mol. The van der Waals surface area contributed by atoms with Crippen molar-refractivity contribution in [1.82, 2.24) is 4.90 Å². The maximum atomic E-state index is 12.7. The van der Waals surface area contributed by atoms with Crippen molar-refractivity contribution >= 4 is 39.1 Å². The second-order valence-corrected chi connectivity index (χ2v) is 6.16. The molecule has 21 heavy (non-hydrogen) atoms. The predicted molar refractivity (Wildman–Crippen MR) is 85.2 cm³/mol. The van der Waals surface area contributed by atoms with Crippen LogP contribution in [0.1, 0.15) is 36.0 Å². The highest BCUT2D eigenvalue weighted by Gasteiger charge is 2.30. The number of carbonyl (C=O) groups is 1. The Kier molecular flexibility index (Phi) is 5.58. The lowest BCUT2D eigenvalue weighted by molar-refractivity contribution is -0.385. The summed E-state index contributed by atoms with van der Waals surface area (Å²) in [4.78, 5) is 25.1. The Morgan fingerprint density at radius 1 is 1.43 bits per heavy atom. The van der Waals surface area contributed by atoms with E-state index < -0.39 is 4.92 Å². The molecule has 0 aliphatic carbocycles. The molecule has 0 saturated carbocycles. The zero-order valence-corrected chi connectivity index (χ0v) is 13.8. The van der Waals surface area contributed by atoms with E-state index in [2.05, 4.69) is 15.9 Å². The van der Waals surface area contributed by atoms with Crippen molar-refractivity contribution in [2.75, 3.05) is 11.9 Å². The molecule has 1 unspecified atom stereocenters. The number of nitro benzene ring substituents is 1. The van der Waals surface area contributed by atoms with Gasteiger partial charge in [-0.25, -0.2) is 0 Å². The van der Waals surface area contributed by atoms with Crippen LogP contribution in [0, 0.1) is 10.1 Å². The molecule has 0 spiro atoms. The Bertz CT molecular complexity index is 553. The van der Waals surface area contributed by atoms with Crippen LogP contribution in [0.4, 0.5) is 5.69 Å². The third-order valence-electron chi connectivity index (χ3n) is 3.70. The highest BCUT2D eigenvalue weighted by Crippen LogP contribution is 2.27. The molecular weight excluding hydrogens is 360 g/mol. The van der Waals surface area contributed by atoms with Crippen molar-refractivity contribution in [2.45, 2.75) is 31.7 Å². The van der Waals surface area contributed by atoms with Crippen LogP contribution >= 0.6 is 27.5 Å². The number of nitro groups is 1. The summed E-state index contributed by atoms with van der Waals surface area (Å²) in [5.41, 5.74) is -0.123. The summed E-state index contributed by atoms with van der Waals surface area (Å²) in [6, 6.07) is 4.17. The molecule has 1 aliphatic heterocycles. The van der Waals surface area contributed by atoms with Crippen LogP contribution in [-0.2, 0) is 0 Å². The summed E-state index contributed by atoms with van der Waals surface area (Å²) in [5.74, 6) is -0.310. The Balaban J connectivity index is 2.37. The number of amides is 1. The first-order chi connectivity index (χ1) is 10.0. The lowest BCUT2D eigenvalue weighted by Gasteiger charge is -2.28. The van der Waals surface area contributed by atoms with E-state index in [0.29, 0.717) is 16.9 Å². The van der Waals surface area contributed by atoms with Gasteiger partial charge in [-0.2, -0.15) is 0 Å². The first-order valence-electron chi connectivity index (χ1n) is 6.85. The molecule has 1 heterocycles. The smallest absolute Gasteiger partial charge is 0.282 e. The zero-order valence-electron chi connectivity index (χ0n) is 11.4. The number of carbonyl (C=O) groups excluding carboxylic acids is 1. The molecule has 1 aliphatic rings. The molecule has 2 rings (SSSR count). The Labute approximate surface area is 136 Å². The maximum Gasteiger partial charge on any atom is 0.282 e. The molecule has 0 bridgehead atoms. The normalized spacial score (nSPS) is 19.1. The van der Waals surface area contributed by atoms with Crippen molar-refractivity contribution < 1.29 is 9.72 Å². The van der Waals surface area contributed by atoms with Gasteiger partial charge in [-0.1, -0.05) is 40.4 Å². The average molecular weight is 376 g/mol. The number of alkyl halides is 1. The molecule has 5 nitrogen and oxygen atoms in total. The van der Waals surface area contributed by atoms with Gasteiger partial charge in [-0.05, 0) is 25.0 Å². The van der Waals surface area contributed by atoms with Gasteiger partial charge in [0.05, 0.1) is 4.92 Å². The van der Waals surface area contributed by atoms with Gasteiger partial charge in [0.15, 0.2) is 0 Å². The molecule has 0 radical (unpaired) electrons. The Hall–Kier alpha value is -1.14. The third-order valence-corrected chi connectivity index (χ3v) is 4.68. The molecule has 0 aromatic heterocycles. The van der Waals surface area contributed by atoms with Crippen LogP contribution in [0.3, 0.4) is 0 Å². The highest BCUT2D eigenvalue weighted by atomic mass is 79.9. The van der Waals surface area contributed by atoms with E-state index in [1.807, 2.05) is 0 Å². The number of benzene rings is 1. The minimum atomic E-state index is -0.537. The summed E-state index contributed by atoms with van der Waals surface area (Å²) in [5, 5.41) is 12.1. The van der Waals surface area contributed by atoms with E-state index in [-0.39, 0.29) is 23.2 Å². The van der Waals surface area contributed by atoms with Crippen LogP contribution < -0.4 is 0 Å². The molecule has 114 valence electrons. The van der Waals surface area contributed by atoms with Gasteiger partial charge < -0.3 is 4.90 Å². The fourth-order valence-corrected chi connectivity index (χ4v) is 3.44. The topological polar surface area (TPSA) is 63.4 Å². The third kappa shape index (κ3) is 3.74. The van der Waals surface area contributed by atoms with Crippen molar-refractivity contribution in [3.63, 3.8) is 0 Å². The minimum Gasteiger partial charge on any atom is -0.335 e. The van der Waals surface area contributed by atoms with Crippen LogP contribution in [0.2, 0.25) is 5.02 Å². The summed E-state index contributed by atoms with van der Waals surface area (Å²) < 4.78 is 0. The van der Waals surface area contributed by atoms with Crippen molar-refractivity contribution in [3.05, 3.63) is 38.9 Å². The number of hydrogen-bond acceptors (Lipinski definition) is 3. The Morgan fingerprint density at radius 3 is 2.86 bits per heavy atom. The van der Waals surface area contributed by atoms with Crippen LogP contribution in [0.5, 0.6) is 0 Å². The van der Waals surface area contributed by atoms with E-state index in [1.54, 1.807) is 4.90 Å². The summed E-state index contributed by atoms with van der Waals surface area (Å²) >= 11 is 9.34. The van der Waals surface area contributed by atoms with Crippen LogP contribution in [0.15, 0.2) is 18.2 Å². The molecule has 1 saturated heterocycles. The second kappa shape index (κ2) is 7.22. The van der Waals surface area contributed by atoms with E-state index in [0.717, 1.165) is 25.7 Å². The standard InChI is InChI=1S/C14H16BrClN2O3/c15-9-11-4-2-1-3-7-17(11)14(19)12-8-10(16)5-6-13(12)18(20)21/h5-6,8,11H,1-4,7,9H2. The van der Waals surface area contributed by atoms with E-state index in [4.69, 9.17) is 11.6 Å². The Morgan fingerprint density at radius 2 is 2.19 bits per heavy atom. The van der Waals surface area contributed by atoms with Gasteiger partial charge in [-0.3, -0.25) is 14.9 Å². The van der Waals surface area contributed by atoms with Gasteiger partial charge in [0.2, 0.25) is 0 Å². The first-order valence-corrected chi connectivity index (χ1v) is 8.35. The quantitative estimate of drug-likeness (QED) is 0.455. The van der Waals surface area contributed by atoms with Crippen molar-refractivity contribution in [1.29, 1.82) is 0 Å². The molecule has 7 heteroatoms. The second-order valence-electron chi connectivity index (χ2n) is 5.07. The number of likely N-dealkylation sites (tertiary alicyclic amines) is 1. The van der Waals surface area contributed by atoms with Gasteiger partial charge in [0.1, 0.15) is 5.56 Å². The fourth-order valence-electron chi connectivity index (χ4n) is 2.60. The fraction of sp³-hybridized carbons (Fsp3) is 0.500. The molecular formula is C14H16BrClN2O3.